The number of carbonyl (C=O) groups is 4. The van der Waals surface area contributed by atoms with Gasteiger partial charge in [-0.25, -0.2) is 19.2 Å². The van der Waals surface area contributed by atoms with Gasteiger partial charge in [0.1, 0.15) is 31.0 Å². The number of hydrogen-bond acceptors (Lipinski definition) is 9. The van der Waals surface area contributed by atoms with Gasteiger partial charge >= 0.3 is 24.1 Å². The van der Waals surface area contributed by atoms with Crippen LogP contribution in [0.2, 0.25) is 0 Å². The van der Waals surface area contributed by atoms with E-state index in [1.807, 2.05) is 146 Å². The molecule has 1 aliphatic carbocycles. The highest BCUT2D eigenvalue weighted by Gasteiger charge is 2.41. The molecule has 6 aromatic carbocycles. The molecule has 10 nitrogen and oxygen atoms in total. The number of amides is 2. The lowest BCUT2D eigenvalue weighted by molar-refractivity contribution is -0.159. The number of thioether (sulfide) groups is 1. The lowest BCUT2D eigenvalue weighted by Gasteiger charge is -2.36. The molecule has 0 aliphatic heterocycles. The summed E-state index contributed by atoms with van der Waals surface area (Å²) in [5.41, 5.74) is 6.91. The topological polar surface area (TPSA) is 129 Å². The normalized spacial score (nSPS) is 13.6. The minimum atomic E-state index is -1.47. The van der Waals surface area contributed by atoms with Crippen LogP contribution in [0.1, 0.15) is 67.0 Å². The number of benzene rings is 6. The molecule has 0 aromatic heterocycles. The summed E-state index contributed by atoms with van der Waals surface area (Å²) < 4.78 is 22.2. The largest absolute Gasteiger partial charge is 0.459 e. The fraction of sp³-hybridized carbons (Fsp3) is 0.245. The molecule has 7 rings (SSSR count). The third-order valence-corrected chi connectivity index (χ3v) is 12.5. The average molecular weight is 877 g/mol. The van der Waals surface area contributed by atoms with E-state index in [1.165, 1.54) is 18.7 Å². The molecule has 64 heavy (non-hydrogen) atoms. The molecule has 1 aliphatic rings. The molecule has 11 heteroatoms. The van der Waals surface area contributed by atoms with Gasteiger partial charge in [0.25, 0.3) is 0 Å². The monoisotopic (exact) mass is 876 g/mol. The Morgan fingerprint density at radius 1 is 0.578 bits per heavy atom. The van der Waals surface area contributed by atoms with Crippen LogP contribution in [0.4, 0.5) is 9.59 Å². The molecule has 2 N–H and O–H groups in total. The Morgan fingerprint density at radius 3 is 1.55 bits per heavy atom. The van der Waals surface area contributed by atoms with Gasteiger partial charge in [0, 0.05) is 11.7 Å². The first-order valence-electron chi connectivity index (χ1n) is 21.3. The molecule has 0 fully saturated rings. The van der Waals surface area contributed by atoms with Crippen LogP contribution in [-0.2, 0) is 39.9 Å². The third-order valence-electron chi connectivity index (χ3n) is 10.8. The van der Waals surface area contributed by atoms with Gasteiger partial charge in [0.2, 0.25) is 0 Å². The second-order valence-corrected chi connectivity index (χ2v) is 17.7. The van der Waals surface area contributed by atoms with E-state index >= 15 is 0 Å². The number of nitrogens with one attached hydrogen (secondary N) is 2. The molecule has 0 bridgehead atoms. The van der Waals surface area contributed by atoms with Crippen molar-refractivity contribution >= 4 is 35.9 Å². The van der Waals surface area contributed by atoms with Crippen molar-refractivity contribution < 1.29 is 38.1 Å². The maximum Gasteiger partial charge on any atom is 0.408 e. The molecule has 0 unspecified atom stereocenters. The Morgan fingerprint density at radius 2 is 1.05 bits per heavy atom. The maximum atomic E-state index is 14.6. The predicted molar refractivity (Wildman–Crippen MR) is 249 cm³/mol. The Hall–Kier alpha value is -6.85. The van der Waals surface area contributed by atoms with E-state index in [0.29, 0.717) is 0 Å². The van der Waals surface area contributed by atoms with E-state index < -0.39 is 52.7 Å². The van der Waals surface area contributed by atoms with E-state index in [2.05, 4.69) is 22.8 Å². The third kappa shape index (κ3) is 10.8. The molecule has 2 amide bonds. The summed E-state index contributed by atoms with van der Waals surface area (Å²) in [6.45, 7) is 6.48. The minimum Gasteiger partial charge on any atom is -0.459 e. The van der Waals surface area contributed by atoms with Gasteiger partial charge in [-0.1, -0.05) is 170 Å². The van der Waals surface area contributed by atoms with Gasteiger partial charge < -0.3 is 29.6 Å². The molecular formula is C53H52N2O8S. The predicted octanol–water partition coefficient (Wildman–Crippen LogP) is 10.2. The summed E-state index contributed by atoms with van der Waals surface area (Å²) >= 11 is 1.44. The summed E-state index contributed by atoms with van der Waals surface area (Å²) in [6.07, 6.45) is -3.01. The second kappa shape index (κ2) is 20.6. The first kappa shape index (κ1) is 45.2. The molecule has 0 spiro atoms. The van der Waals surface area contributed by atoms with Gasteiger partial charge in [0.15, 0.2) is 6.04 Å². The molecule has 0 radical (unpaired) electrons. The number of hydrogen-bond donors (Lipinski definition) is 2. The number of ether oxygens (including phenoxy) is 4. The Kier molecular flexibility index (Phi) is 14.5. The van der Waals surface area contributed by atoms with Crippen LogP contribution in [0.15, 0.2) is 170 Å². The summed E-state index contributed by atoms with van der Waals surface area (Å²) in [5, 5.41) is 5.38. The molecule has 3 atom stereocenters. The summed E-state index contributed by atoms with van der Waals surface area (Å²) in [6, 6.07) is 52.2. The highest BCUT2D eigenvalue weighted by atomic mass is 32.2. The number of fused-ring (bicyclic) bond motifs is 3. The summed E-state index contributed by atoms with van der Waals surface area (Å²) in [7, 11) is 0. The number of carbonyl (C=O) groups excluding carboxylic acids is 4. The van der Waals surface area contributed by atoms with Crippen LogP contribution >= 0.6 is 11.8 Å². The SMILES string of the molecule is C[C@@H](OC(=O)[C@@H](CSC(c1ccccc1)(c1ccccc1)c1ccccc1)NC(=O)OCC1c2ccccc2-c2ccccc21)[C@H](NC(=O)OC(C)(C)C)C(=O)OCc1ccccc1. The molecule has 6 aromatic rings. The van der Waals surface area contributed by atoms with Crippen LogP contribution in [-0.4, -0.2) is 60.3 Å². The standard InChI is InChI=1S/C53H52N2O8S/c1-36(47(55-51(59)63-52(2,3)4)49(57)60-33-37-21-9-5-10-22-37)62-48(56)46(54-50(58)61-34-45-43-31-19-17-29-41(43)42-30-18-20-32-44(42)45)35-64-53(38-23-11-6-12-24-38,39-25-13-7-14-26-39)40-27-15-8-16-28-40/h5-32,36,45-47H,33-35H2,1-4H3,(H,54,58)(H,55,59)/t36-,46-,47+/m1/s1. The number of alkyl carbamates (subject to hydrolysis) is 2. The highest BCUT2D eigenvalue weighted by Crippen LogP contribution is 2.49. The molecule has 0 heterocycles. The lowest BCUT2D eigenvalue weighted by Crippen LogP contribution is -2.53. The van der Waals surface area contributed by atoms with Crippen molar-refractivity contribution in [1.29, 1.82) is 0 Å². The van der Waals surface area contributed by atoms with Crippen LogP contribution in [0.5, 0.6) is 0 Å². The first-order valence-corrected chi connectivity index (χ1v) is 22.2. The zero-order chi connectivity index (χ0) is 45.1. The highest BCUT2D eigenvalue weighted by molar-refractivity contribution is 8.00. The van der Waals surface area contributed by atoms with Gasteiger partial charge in [-0.05, 0) is 72.2 Å². The average Bonchev–Trinajstić information content (AvgIpc) is 3.63. The van der Waals surface area contributed by atoms with Crippen molar-refractivity contribution in [1.82, 2.24) is 10.6 Å². The Bertz CT molecular complexity index is 2370. The maximum absolute atomic E-state index is 14.6. The fourth-order valence-electron chi connectivity index (χ4n) is 7.88. The summed E-state index contributed by atoms with van der Waals surface area (Å²) in [5.74, 6) is -1.93. The minimum absolute atomic E-state index is 0.00293. The molecule has 0 saturated heterocycles. The van der Waals surface area contributed by atoms with Crippen molar-refractivity contribution in [2.45, 2.75) is 68.8 Å². The van der Waals surface area contributed by atoms with E-state index in [0.717, 1.165) is 44.5 Å². The molecule has 328 valence electrons. The molecule has 0 saturated carbocycles. The van der Waals surface area contributed by atoms with Crippen molar-refractivity contribution in [2.24, 2.45) is 0 Å². The van der Waals surface area contributed by atoms with Gasteiger partial charge in [-0.15, -0.1) is 11.8 Å². The fourth-order valence-corrected chi connectivity index (χ4v) is 9.43. The van der Waals surface area contributed by atoms with Crippen LogP contribution in [0.25, 0.3) is 11.1 Å². The van der Waals surface area contributed by atoms with Crippen molar-refractivity contribution in [3.63, 3.8) is 0 Å². The van der Waals surface area contributed by atoms with Crippen LogP contribution in [0.3, 0.4) is 0 Å². The molecular weight excluding hydrogens is 825 g/mol. The quantitative estimate of drug-likeness (QED) is 0.0555. The number of esters is 2. The van der Waals surface area contributed by atoms with E-state index in [1.54, 1.807) is 32.9 Å². The zero-order valence-corrected chi connectivity index (χ0v) is 37.1. The van der Waals surface area contributed by atoms with Gasteiger partial charge in [-0.3, -0.25) is 0 Å². The van der Waals surface area contributed by atoms with Crippen molar-refractivity contribution in [3.05, 3.63) is 203 Å². The Balaban J connectivity index is 1.18. The lowest BCUT2D eigenvalue weighted by atomic mass is 9.84. The summed E-state index contributed by atoms with van der Waals surface area (Å²) in [4.78, 5) is 55.5. The van der Waals surface area contributed by atoms with E-state index in [-0.39, 0.29) is 24.9 Å². The Labute approximate surface area is 378 Å². The number of rotatable bonds is 16. The van der Waals surface area contributed by atoms with Gasteiger partial charge in [-0.2, -0.15) is 0 Å². The van der Waals surface area contributed by atoms with Crippen molar-refractivity contribution in [3.8, 4) is 11.1 Å². The van der Waals surface area contributed by atoms with Crippen LogP contribution < -0.4 is 10.6 Å². The first-order chi connectivity index (χ1) is 30.9. The van der Waals surface area contributed by atoms with E-state index in [4.69, 9.17) is 18.9 Å². The second-order valence-electron chi connectivity index (χ2n) is 16.5. The zero-order valence-electron chi connectivity index (χ0n) is 36.3. The smallest absolute Gasteiger partial charge is 0.408 e. The van der Waals surface area contributed by atoms with Crippen LogP contribution in [0, 0.1) is 0 Å². The van der Waals surface area contributed by atoms with Gasteiger partial charge in [0.05, 0.1) is 4.75 Å². The van der Waals surface area contributed by atoms with E-state index in [9.17, 15) is 19.2 Å². The van der Waals surface area contributed by atoms with Crippen molar-refractivity contribution in [2.75, 3.05) is 12.4 Å².